The van der Waals surface area contributed by atoms with Gasteiger partial charge >= 0.3 is 6.03 Å². The Morgan fingerprint density at radius 1 is 1.16 bits per heavy atom. The lowest BCUT2D eigenvalue weighted by molar-refractivity contribution is 0.222. The molecule has 0 bridgehead atoms. The summed E-state index contributed by atoms with van der Waals surface area (Å²) in [6, 6.07) is 16.4. The maximum Gasteiger partial charge on any atom is 0.321 e. The van der Waals surface area contributed by atoms with E-state index >= 15 is 0 Å². The fourth-order valence-corrected chi connectivity index (χ4v) is 2.38. The van der Waals surface area contributed by atoms with Crippen LogP contribution in [0.5, 0.6) is 0 Å². The van der Waals surface area contributed by atoms with Gasteiger partial charge in [0.2, 0.25) is 0 Å². The number of hydrogen-bond acceptors (Lipinski definition) is 4. The monoisotopic (exact) mass is 356 g/mol. The minimum atomic E-state index is -0.250. The SMILES string of the molecule is CN(CCc1noc(-c2ccccc2)n1)C(=O)Nc1ccccc1Cl. The van der Waals surface area contributed by atoms with Crippen LogP contribution in [0.15, 0.2) is 59.1 Å². The van der Waals surface area contributed by atoms with Crippen LogP contribution in [0.2, 0.25) is 5.02 Å². The van der Waals surface area contributed by atoms with E-state index in [1.807, 2.05) is 42.5 Å². The largest absolute Gasteiger partial charge is 0.334 e. The van der Waals surface area contributed by atoms with Crippen molar-refractivity contribution in [3.8, 4) is 11.5 Å². The second-order valence-corrected chi connectivity index (χ2v) is 5.87. The summed E-state index contributed by atoms with van der Waals surface area (Å²) in [6.07, 6.45) is 0.489. The third-order valence-electron chi connectivity index (χ3n) is 3.62. The zero-order valence-corrected chi connectivity index (χ0v) is 14.4. The predicted molar refractivity (Wildman–Crippen MR) is 96.5 cm³/mol. The van der Waals surface area contributed by atoms with E-state index < -0.39 is 0 Å². The van der Waals surface area contributed by atoms with Crippen molar-refractivity contribution in [2.24, 2.45) is 0 Å². The lowest BCUT2D eigenvalue weighted by atomic mass is 10.2. The van der Waals surface area contributed by atoms with Crippen LogP contribution in [0, 0.1) is 0 Å². The molecule has 0 saturated heterocycles. The summed E-state index contributed by atoms with van der Waals surface area (Å²) in [6.45, 7) is 0.448. The zero-order chi connectivity index (χ0) is 17.6. The van der Waals surface area contributed by atoms with Gasteiger partial charge in [-0.15, -0.1) is 0 Å². The first kappa shape index (κ1) is 17.0. The van der Waals surface area contributed by atoms with Gasteiger partial charge in [-0.1, -0.05) is 47.1 Å². The number of benzene rings is 2. The molecule has 1 aromatic heterocycles. The molecule has 7 heteroatoms. The molecule has 0 unspecified atom stereocenters. The summed E-state index contributed by atoms with van der Waals surface area (Å²) in [5.41, 5.74) is 1.44. The number of carbonyl (C=O) groups is 1. The number of amides is 2. The molecule has 0 radical (unpaired) electrons. The Morgan fingerprint density at radius 3 is 2.64 bits per heavy atom. The van der Waals surface area contributed by atoms with Crippen LogP contribution in [0.3, 0.4) is 0 Å². The van der Waals surface area contributed by atoms with E-state index in [1.54, 1.807) is 24.1 Å². The Kier molecular flexibility index (Phi) is 5.30. The standard InChI is InChI=1S/C18H17ClN4O2/c1-23(18(24)20-15-10-6-5-9-14(15)19)12-11-16-21-17(25-22-16)13-7-3-2-4-8-13/h2-10H,11-12H2,1H3,(H,20,24). The molecular weight excluding hydrogens is 340 g/mol. The van der Waals surface area contributed by atoms with E-state index in [0.29, 0.717) is 35.4 Å². The first-order chi connectivity index (χ1) is 12.1. The van der Waals surface area contributed by atoms with Crippen molar-refractivity contribution in [3.63, 3.8) is 0 Å². The molecule has 25 heavy (non-hydrogen) atoms. The van der Waals surface area contributed by atoms with E-state index in [9.17, 15) is 4.79 Å². The van der Waals surface area contributed by atoms with Crippen molar-refractivity contribution in [2.45, 2.75) is 6.42 Å². The third kappa shape index (κ3) is 4.36. The molecule has 3 rings (SSSR count). The number of anilines is 1. The number of nitrogens with one attached hydrogen (secondary N) is 1. The molecule has 6 nitrogen and oxygen atoms in total. The van der Waals surface area contributed by atoms with Gasteiger partial charge in [0.05, 0.1) is 10.7 Å². The van der Waals surface area contributed by atoms with Gasteiger partial charge in [-0.25, -0.2) is 4.79 Å². The van der Waals surface area contributed by atoms with E-state index in [2.05, 4.69) is 15.5 Å². The van der Waals surface area contributed by atoms with Gasteiger partial charge < -0.3 is 14.7 Å². The van der Waals surface area contributed by atoms with Crippen molar-refractivity contribution in [1.29, 1.82) is 0 Å². The Bertz CT molecular complexity index is 851. The van der Waals surface area contributed by atoms with Gasteiger partial charge in [0.25, 0.3) is 5.89 Å². The number of rotatable bonds is 5. The number of nitrogens with zero attached hydrogens (tertiary/aromatic N) is 3. The van der Waals surface area contributed by atoms with Crippen LogP contribution in [0.1, 0.15) is 5.82 Å². The van der Waals surface area contributed by atoms with Crippen LogP contribution >= 0.6 is 11.6 Å². The number of para-hydroxylation sites is 1. The van der Waals surface area contributed by atoms with E-state index in [4.69, 9.17) is 16.1 Å². The minimum absolute atomic E-state index is 0.250. The molecular formula is C18H17ClN4O2. The van der Waals surface area contributed by atoms with Gasteiger partial charge in [-0.05, 0) is 24.3 Å². The summed E-state index contributed by atoms with van der Waals surface area (Å²) >= 11 is 6.04. The van der Waals surface area contributed by atoms with Gasteiger partial charge in [-0.3, -0.25) is 0 Å². The number of urea groups is 1. The second-order valence-electron chi connectivity index (χ2n) is 5.46. The van der Waals surface area contributed by atoms with Crippen molar-refractivity contribution < 1.29 is 9.32 Å². The van der Waals surface area contributed by atoms with Crippen LogP contribution in [-0.2, 0) is 6.42 Å². The maximum atomic E-state index is 12.2. The summed E-state index contributed by atoms with van der Waals surface area (Å²) < 4.78 is 5.26. The third-order valence-corrected chi connectivity index (χ3v) is 3.95. The topological polar surface area (TPSA) is 71.3 Å². The number of aromatic nitrogens is 2. The van der Waals surface area contributed by atoms with Gasteiger partial charge in [0, 0.05) is 25.6 Å². The highest BCUT2D eigenvalue weighted by atomic mass is 35.5. The Balaban J connectivity index is 1.55. The van der Waals surface area contributed by atoms with Crippen molar-refractivity contribution in [1.82, 2.24) is 15.0 Å². The lowest BCUT2D eigenvalue weighted by Crippen LogP contribution is -2.33. The van der Waals surface area contributed by atoms with Crippen LogP contribution < -0.4 is 5.32 Å². The molecule has 0 fully saturated rings. The average Bonchev–Trinajstić information content (AvgIpc) is 3.11. The number of carbonyl (C=O) groups excluding carboxylic acids is 1. The maximum absolute atomic E-state index is 12.2. The summed E-state index contributed by atoms with van der Waals surface area (Å²) in [7, 11) is 1.70. The summed E-state index contributed by atoms with van der Waals surface area (Å²) in [4.78, 5) is 18.1. The highest BCUT2D eigenvalue weighted by molar-refractivity contribution is 6.33. The van der Waals surface area contributed by atoms with Gasteiger partial charge in [-0.2, -0.15) is 4.98 Å². The van der Waals surface area contributed by atoms with E-state index in [0.717, 1.165) is 5.56 Å². The van der Waals surface area contributed by atoms with Crippen LogP contribution in [0.4, 0.5) is 10.5 Å². The highest BCUT2D eigenvalue weighted by Gasteiger charge is 2.13. The molecule has 0 aliphatic carbocycles. The van der Waals surface area contributed by atoms with Crippen molar-refractivity contribution in [3.05, 3.63) is 65.4 Å². The molecule has 0 spiro atoms. The Morgan fingerprint density at radius 2 is 1.88 bits per heavy atom. The quantitative estimate of drug-likeness (QED) is 0.747. The molecule has 0 saturated carbocycles. The molecule has 2 amide bonds. The lowest BCUT2D eigenvalue weighted by Gasteiger charge is -2.17. The molecule has 0 atom stereocenters. The number of likely N-dealkylation sites (N-methyl/N-ethyl adjacent to an activating group) is 1. The molecule has 1 N–H and O–H groups in total. The number of halogens is 1. The Labute approximate surface area is 150 Å². The van der Waals surface area contributed by atoms with Crippen LogP contribution in [0.25, 0.3) is 11.5 Å². The molecule has 2 aromatic carbocycles. The molecule has 1 heterocycles. The first-order valence-electron chi connectivity index (χ1n) is 7.78. The van der Waals surface area contributed by atoms with E-state index in [1.165, 1.54) is 0 Å². The predicted octanol–water partition coefficient (Wildman–Crippen LogP) is 4.10. The molecule has 128 valence electrons. The molecule has 0 aliphatic rings. The smallest absolute Gasteiger partial charge is 0.321 e. The van der Waals surface area contributed by atoms with E-state index in [-0.39, 0.29) is 6.03 Å². The minimum Gasteiger partial charge on any atom is -0.334 e. The van der Waals surface area contributed by atoms with Gasteiger partial charge in [0.15, 0.2) is 5.82 Å². The molecule has 0 aliphatic heterocycles. The number of hydrogen-bond donors (Lipinski definition) is 1. The Hall–Kier alpha value is -2.86. The summed E-state index contributed by atoms with van der Waals surface area (Å²) in [5.74, 6) is 1.02. The fourth-order valence-electron chi connectivity index (χ4n) is 2.20. The van der Waals surface area contributed by atoms with Gasteiger partial charge in [0.1, 0.15) is 0 Å². The summed E-state index contributed by atoms with van der Waals surface area (Å²) in [5, 5.41) is 7.22. The second kappa shape index (κ2) is 7.81. The average molecular weight is 357 g/mol. The highest BCUT2D eigenvalue weighted by Crippen LogP contribution is 2.20. The van der Waals surface area contributed by atoms with Crippen molar-refractivity contribution in [2.75, 3.05) is 18.9 Å². The molecule has 3 aromatic rings. The van der Waals surface area contributed by atoms with Crippen molar-refractivity contribution >= 4 is 23.3 Å². The normalized spacial score (nSPS) is 10.5. The first-order valence-corrected chi connectivity index (χ1v) is 8.16. The fraction of sp³-hybridized carbons (Fsp3) is 0.167. The zero-order valence-electron chi connectivity index (χ0n) is 13.6. The van der Waals surface area contributed by atoms with Crippen LogP contribution in [-0.4, -0.2) is 34.7 Å².